The summed E-state index contributed by atoms with van der Waals surface area (Å²) in [6.07, 6.45) is 1.50. The van der Waals surface area contributed by atoms with Crippen LogP contribution in [0.4, 0.5) is 10.2 Å². The van der Waals surface area contributed by atoms with Gasteiger partial charge >= 0.3 is 0 Å². The number of hydrogen-bond donors (Lipinski definition) is 0. The van der Waals surface area contributed by atoms with Crippen molar-refractivity contribution in [1.29, 1.82) is 0 Å². The molecule has 1 saturated heterocycles. The number of carbonyl (C=O) groups is 1. The van der Waals surface area contributed by atoms with Crippen LogP contribution < -0.4 is 4.90 Å². The Kier molecular flexibility index (Phi) is 5.40. The summed E-state index contributed by atoms with van der Waals surface area (Å²) in [5.74, 6) is -0.350. The molecule has 0 bridgehead atoms. The van der Waals surface area contributed by atoms with E-state index in [-0.39, 0.29) is 10.6 Å². The third-order valence-electron chi connectivity index (χ3n) is 5.50. The molecule has 0 aliphatic carbocycles. The molecule has 1 amide bonds. The summed E-state index contributed by atoms with van der Waals surface area (Å²) >= 11 is 6.06. The molecule has 0 N–H and O–H groups in total. The first-order valence-electron chi connectivity index (χ1n) is 10.2. The monoisotopic (exact) mass is 451 g/mol. The van der Waals surface area contributed by atoms with Crippen LogP contribution >= 0.6 is 11.6 Å². The van der Waals surface area contributed by atoms with Gasteiger partial charge in [-0.3, -0.25) is 4.79 Å². The molecular weight excluding hydrogens is 433 g/mol. The zero-order valence-electron chi connectivity index (χ0n) is 17.0. The highest BCUT2D eigenvalue weighted by atomic mass is 35.5. The summed E-state index contributed by atoms with van der Waals surface area (Å²) in [5.41, 5.74) is 2.27. The van der Waals surface area contributed by atoms with Crippen molar-refractivity contribution in [3.63, 3.8) is 0 Å². The number of benzene rings is 2. The fraction of sp³-hybridized carbons (Fsp3) is 0.227. The van der Waals surface area contributed by atoms with E-state index in [1.165, 1.54) is 24.5 Å². The van der Waals surface area contributed by atoms with Gasteiger partial charge in [-0.1, -0.05) is 53.2 Å². The normalized spacial score (nSPS) is 14.2. The fourth-order valence-electron chi connectivity index (χ4n) is 3.86. The zero-order chi connectivity index (χ0) is 22.1. The van der Waals surface area contributed by atoms with Crippen LogP contribution in [-0.4, -0.2) is 61.9 Å². The van der Waals surface area contributed by atoms with Crippen molar-refractivity contribution >= 4 is 34.5 Å². The number of rotatable bonds is 4. The van der Waals surface area contributed by atoms with E-state index in [1.54, 1.807) is 9.58 Å². The van der Waals surface area contributed by atoms with Crippen molar-refractivity contribution in [1.82, 2.24) is 29.9 Å². The Bertz CT molecular complexity index is 1250. The van der Waals surface area contributed by atoms with Gasteiger partial charge in [0.15, 0.2) is 17.0 Å². The van der Waals surface area contributed by atoms with Crippen molar-refractivity contribution in [2.24, 2.45) is 0 Å². The topological polar surface area (TPSA) is 80.0 Å². The minimum atomic E-state index is -0.613. The van der Waals surface area contributed by atoms with Crippen LogP contribution in [0.15, 0.2) is 54.9 Å². The fourth-order valence-corrected chi connectivity index (χ4v) is 4.10. The van der Waals surface area contributed by atoms with E-state index in [2.05, 4.69) is 20.3 Å². The highest BCUT2D eigenvalue weighted by molar-refractivity contribution is 6.33. The van der Waals surface area contributed by atoms with Crippen LogP contribution in [0.1, 0.15) is 15.9 Å². The maximum atomic E-state index is 14.2. The van der Waals surface area contributed by atoms with Crippen molar-refractivity contribution in [2.45, 2.75) is 6.54 Å². The van der Waals surface area contributed by atoms with Gasteiger partial charge in [0, 0.05) is 26.2 Å². The van der Waals surface area contributed by atoms with Crippen LogP contribution in [-0.2, 0) is 6.54 Å². The number of piperazine rings is 1. The molecular formula is C22H19ClFN7O. The molecule has 1 aliphatic heterocycles. The van der Waals surface area contributed by atoms with Gasteiger partial charge in [0.2, 0.25) is 0 Å². The molecule has 0 radical (unpaired) electrons. The molecule has 10 heteroatoms. The molecule has 1 fully saturated rings. The summed E-state index contributed by atoms with van der Waals surface area (Å²) in [5, 5.41) is 8.69. The molecule has 8 nitrogen and oxygen atoms in total. The number of aromatic nitrogens is 5. The summed E-state index contributed by atoms with van der Waals surface area (Å²) in [4.78, 5) is 25.2. The van der Waals surface area contributed by atoms with E-state index in [0.29, 0.717) is 49.7 Å². The molecule has 0 spiro atoms. The Morgan fingerprint density at radius 1 is 1.00 bits per heavy atom. The van der Waals surface area contributed by atoms with Gasteiger partial charge in [0.05, 0.1) is 17.1 Å². The number of fused-ring (bicyclic) bond motifs is 1. The first-order chi connectivity index (χ1) is 15.6. The highest BCUT2D eigenvalue weighted by Gasteiger charge is 2.27. The summed E-state index contributed by atoms with van der Waals surface area (Å²) in [6, 6.07) is 14.2. The number of halogens is 2. The van der Waals surface area contributed by atoms with Gasteiger partial charge in [-0.05, 0) is 17.7 Å². The lowest BCUT2D eigenvalue weighted by atomic mass is 10.1. The predicted molar refractivity (Wildman–Crippen MR) is 118 cm³/mol. The van der Waals surface area contributed by atoms with Gasteiger partial charge in [-0.25, -0.2) is 19.0 Å². The van der Waals surface area contributed by atoms with Gasteiger partial charge in [0.1, 0.15) is 12.1 Å². The molecule has 0 atom stereocenters. The number of anilines is 1. The summed E-state index contributed by atoms with van der Waals surface area (Å²) < 4.78 is 15.9. The molecule has 0 saturated carbocycles. The first-order valence-corrected chi connectivity index (χ1v) is 10.6. The van der Waals surface area contributed by atoms with Crippen LogP contribution in [0.2, 0.25) is 5.02 Å². The van der Waals surface area contributed by atoms with Gasteiger partial charge in [-0.2, -0.15) is 0 Å². The Balaban J connectivity index is 1.34. The van der Waals surface area contributed by atoms with Crippen LogP contribution in [0.3, 0.4) is 0 Å². The third kappa shape index (κ3) is 3.75. The van der Waals surface area contributed by atoms with E-state index in [9.17, 15) is 9.18 Å². The third-order valence-corrected chi connectivity index (χ3v) is 5.81. The number of hydrogen-bond acceptors (Lipinski definition) is 6. The van der Waals surface area contributed by atoms with E-state index in [0.717, 1.165) is 5.56 Å². The van der Waals surface area contributed by atoms with Crippen molar-refractivity contribution in [3.05, 3.63) is 76.8 Å². The number of nitrogens with zero attached hydrogens (tertiary/aromatic N) is 7. The Labute approximate surface area is 188 Å². The lowest BCUT2D eigenvalue weighted by Crippen LogP contribution is -2.49. The molecule has 2 aromatic heterocycles. The van der Waals surface area contributed by atoms with Crippen LogP contribution in [0, 0.1) is 5.82 Å². The number of amides is 1. The molecule has 1 aliphatic rings. The molecule has 0 unspecified atom stereocenters. The minimum Gasteiger partial charge on any atom is -0.351 e. The standard InChI is InChI=1S/C22H19ClFN7O/c23-16-7-4-8-17(24)18(16)22(32)30-11-9-29(10-12-30)20-19-21(26-14-25-20)31(28-27-19)13-15-5-2-1-3-6-15/h1-8,14H,9-13H2. The van der Waals surface area contributed by atoms with Gasteiger partial charge in [-0.15, -0.1) is 5.10 Å². The molecule has 3 heterocycles. The van der Waals surface area contributed by atoms with E-state index < -0.39 is 11.7 Å². The van der Waals surface area contributed by atoms with E-state index in [4.69, 9.17) is 11.6 Å². The average Bonchev–Trinajstić information content (AvgIpc) is 3.22. The lowest BCUT2D eigenvalue weighted by Gasteiger charge is -2.35. The van der Waals surface area contributed by atoms with Crippen molar-refractivity contribution < 1.29 is 9.18 Å². The smallest absolute Gasteiger partial charge is 0.258 e. The summed E-state index contributed by atoms with van der Waals surface area (Å²) in [7, 11) is 0. The van der Waals surface area contributed by atoms with Gasteiger partial charge in [0.25, 0.3) is 5.91 Å². The number of carbonyl (C=O) groups excluding carboxylic acids is 1. The molecule has 5 rings (SSSR count). The van der Waals surface area contributed by atoms with E-state index in [1.807, 2.05) is 35.2 Å². The minimum absolute atomic E-state index is 0.0871. The average molecular weight is 452 g/mol. The summed E-state index contributed by atoms with van der Waals surface area (Å²) in [6.45, 7) is 2.42. The van der Waals surface area contributed by atoms with Crippen LogP contribution in [0.5, 0.6) is 0 Å². The second-order valence-corrected chi connectivity index (χ2v) is 7.89. The van der Waals surface area contributed by atoms with Gasteiger partial charge < -0.3 is 9.80 Å². The Morgan fingerprint density at radius 2 is 1.78 bits per heavy atom. The first kappa shape index (κ1) is 20.3. The second-order valence-electron chi connectivity index (χ2n) is 7.48. The zero-order valence-corrected chi connectivity index (χ0v) is 17.8. The maximum Gasteiger partial charge on any atom is 0.258 e. The molecule has 162 valence electrons. The van der Waals surface area contributed by atoms with Crippen molar-refractivity contribution in [2.75, 3.05) is 31.1 Å². The van der Waals surface area contributed by atoms with Crippen molar-refractivity contribution in [3.8, 4) is 0 Å². The predicted octanol–water partition coefficient (Wildman–Crippen LogP) is 3.02. The van der Waals surface area contributed by atoms with Crippen LogP contribution in [0.25, 0.3) is 11.2 Å². The Morgan fingerprint density at radius 3 is 2.53 bits per heavy atom. The second kappa shape index (κ2) is 8.51. The maximum absolute atomic E-state index is 14.2. The quantitative estimate of drug-likeness (QED) is 0.474. The highest BCUT2D eigenvalue weighted by Crippen LogP contribution is 2.25. The molecule has 2 aromatic carbocycles. The lowest BCUT2D eigenvalue weighted by molar-refractivity contribution is 0.0742. The molecule has 32 heavy (non-hydrogen) atoms. The molecule has 4 aromatic rings. The Hall–Kier alpha value is -3.59. The largest absolute Gasteiger partial charge is 0.351 e. The van der Waals surface area contributed by atoms with E-state index >= 15 is 0 Å². The SMILES string of the molecule is O=C(c1c(F)cccc1Cl)N1CCN(c2ncnc3c2nnn3Cc2ccccc2)CC1.